The average molecular weight is 343 g/mol. The van der Waals surface area contributed by atoms with Crippen molar-refractivity contribution in [2.75, 3.05) is 6.54 Å². The summed E-state index contributed by atoms with van der Waals surface area (Å²) in [4.78, 5) is 26.9. The number of hydrogen-bond acceptors (Lipinski definition) is 5. The zero-order valence-corrected chi connectivity index (χ0v) is 14.3. The van der Waals surface area contributed by atoms with Crippen LogP contribution in [0.4, 0.5) is 0 Å². The van der Waals surface area contributed by atoms with Gasteiger partial charge in [0.2, 0.25) is 5.78 Å². The van der Waals surface area contributed by atoms with Gasteiger partial charge in [0.25, 0.3) is 5.91 Å². The van der Waals surface area contributed by atoms with Gasteiger partial charge in [0, 0.05) is 6.54 Å². The van der Waals surface area contributed by atoms with Gasteiger partial charge in [0.1, 0.15) is 17.6 Å². The Bertz CT molecular complexity index is 800. The van der Waals surface area contributed by atoms with Crippen molar-refractivity contribution >= 4 is 11.7 Å². The molecule has 6 nitrogen and oxygen atoms in total. The van der Waals surface area contributed by atoms with Crippen molar-refractivity contribution in [2.45, 2.75) is 39.2 Å². The zero-order chi connectivity index (χ0) is 18.0. The summed E-state index contributed by atoms with van der Waals surface area (Å²) in [6.45, 7) is 4.30. The molecule has 0 aromatic carbocycles. The third kappa shape index (κ3) is 3.12. The molecular weight excluding hydrogens is 322 g/mol. The third-order valence-corrected chi connectivity index (χ3v) is 4.33. The first-order valence-electron chi connectivity index (χ1n) is 8.43. The first kappa shape index (κ1) is 17.1. The van der Waals surface area contributed by atoms with Gasteiger partial charge in [0.15, 0.2) is 11.5 Å². The maximum Gasteiger partial charge on any atom is 0.290 e. The molecular formula is C19H21NO5. The van der Waals surface area contributed by atoms with Crippen molar-refractivity contribution in [3.05, 3.63) is 59.1 Å². The van der Waals surface area contributed by atoms with Crippen LogP contribution in [0.15, 0.2) is 50.7 Å². The second-order valence-electron chi connectivity index (χ2n) is 6.13. The third-order valence-electron chi connectivity index (χ3n) is 4.33. The van der Waals surface area contributed by atoms with Gasteiger partial charge in [-0.1, -0.05) is 19.8 Å². The molecule has 0 spiro atoms. The SMILES string of the molecule is CCCCCN1C(=O)C(O)=C(C(=O)c2ccco2)C1c1ccc(C)o1. The van der Waals surface area contributed by atoms with Crippen LogP contribution in [0.25, 0.3) is 0 Å². The number of amides is 1. The van der Waals surface area contributed by atoms with Gasteiger partial charge in [-0.25, -0.2) is 0 Å². The van der Waals surface area contributed by atoms with E-state index in [2.05, 4.69) is 6.92 Å². The Hall–Kier alpha value is -2.76. The second kappa shape index (κ2) is 7.01. The molecule has 1 atom stereocenters. The predicted molar refractivity (Wildman–Crippen MR) is 90.1 cm³/mol. The monoisotopic (exact) mass is 343 g/mol. The first-order valence-corrected chi connectivity index (χ1v) is 8.43. The minimum Gasteiger partial charge on any atom is -0.503 e. The van der Waals surface area contributed by atoms with Crippen molar-refractivity contribution in [1.82, 2.24) is 4.90 Å². The quantitative estimate of drug-likeness (QED) is 0.608. The highest BCUT2D eigenvalue weighted by molar-refractivity contribution is 6.14. The Labute approximate surface area is 145 Å². The summed E-state index contributed by atoms with van der Waals surface area (Å²) in [5, 5.41) is 10.4. The maximum absolute atomic E-state index is 12.8. The van der Waals surface area contributed by atoms with Gasteiger partial charge in [-0.15, -0.1) is 0 Å². The molecule has 1 aliphatic heterocycles. The molecule has 0 fully saturated rings. The highest BCUT2D eigenvalue weighted by Crippen LogP contribution is 2.39. The fraction of sp³-hybridized carbons (Fsp3) is 0.368. The van der Waals surface area contributed by atoms with Crippen LogP contribution >= 0.6 is 0 Å². The normalized spacial score (nSPS) is 17.6. The number of unbranched alkanes of at least 4 members (excludes halogenated alkanes) is 2. The summed E-state index contributed by atoms with van der Waals surface area (Å²) in [6, 6.07) is 5.86. The molecule has 0 saturated carbocycles. The molecule has 1 aliphatic rings. The summed E-state index contributed by atoms with van der Waals surface area (Å²) in [6.07, 6.45) is 4.13. The number of rotatable bonds is 7. The molecule has 0 bridgehead atoms. The number of aliphatic hydroxyl groups excluding tert-OH is 1. The van der Waals surface area contributed by atoms with E-state index in [1.807, 2.05) is 0 Å². The Morgan fingerprint density at radius 3 is 2.68 bits per heavy atom. The lowest BCUT2D eigenvalue weighted by Crippen LogP contribution is -2.31. The lowest BCUT2D eigenvalue weighted by atomic mass is 9.99. The molecule has 3 rings (SSSR count). The van der Waals surface area contributed by atoms with Crippen molar-refractivity contribution in [1.29, 1.82) is 0 Å². The van der Waals surface area contributed by atoms with E-state index in [0.717, 1.165) is 19.3 Å². The number of aryl methyl sites for hydroxylation is 1. The Morgan fingerprint density at radius 2 is 2.08 bits per heavy atom. The van der Waals surface area contributed by atoms with Crippen molar-refractivity contribution in [2.24, 2.45) is 0 Å². The fourth-order valence-electron chi connectivity index (χ4n) is 3.09. The molecule has 2 aromatic rings. The lowest BCUT2D eigenvalue weighted by Gasteiger charge is -2.24. The first-order chi connectivity index (χ1) is 12.0. The number of aliphatic hydroxyl groups is 1. The van der Waals surface area contributed by atoms with E-state index < -0.39 is 23.5 Å². The fourth-order valence-corrected chi connectivity index (χ4v) is 3.09. The molecule has 3 heterocycles. The molecule has 25 heavy (non-hydrogen) atoms. The summed E-state index contributed by atoms with van der Waals surface area (Å²) in [5.74, 6) is -0.374. The van der Waals surface area contributed by atoms with Crippen LogP contribution in [-0.4, -0.2) is 28.2 Å². The van der Waals surface area contributed by atoms with Crippen LogP contribution in [0.3, 0.4) is 0 Å². The van der Waals surface area contributed by atoms with Crippen LogP contribution in [0, 0.1) is 6.92 Å². The zero-order valence-electron chi connectivity index (χ0n) is 14.3. The summed E-state index contributed by atoms with van der Waals surface area (Å²) in [7, 11) is 0. The number of Topliss-reactive ketones (excluding diaryl/α,β-unsaturated/α-hetero) is 1. The number of ketones is 1. The number of hydrogen-bond donors (Lipinski definition) is 1. The van der Waals surface area contributed by atoms with Crippen LogP contribution < -0.4 is 0 Å². The topological polar surface area (TPSA) is 83.9 Å². The minimum atomic E-state index is -0.740. The average Bonchev–Trinajstić information content (AvgIpc) is 3.31. The minimum absolute atomic E-state index is 0.00537. The Morgan fingerprint density at radius 1 is 1.28 bits per heavy atom. The van der Waals surface area contributed by atoms with Gasteiger partial charge >= 0.3 is 0 Å². The molecule has 0 aliphatic carbocycles. The van der Waals surface area contributed by atoms with E-state index in [1.54, 1.807) is 25.1 Å². The molecule has 2 aromatic heterocycles. The van der Waals surface area contributed by atoms with Crippen LogP contribution in [0.2, 0.25) is 0 Å². The van der Waals surface area contributed by atoms with Crippen LogP contribution in [0.5, 0.6) is 0 Å². The van der Waals surface area contributed by atoms with E-state index in [4.69, 9.17) is 8.83 Å². The number of carbonyl (C=O) groups excluding carboxylic acids is 2. The number of furan rings is 2. The van der Waals surface area contributed by atoms with E-state index >= 15 is 0 Å². The van der Waals surface area contributed by atoms with Crippen LogP contribution in [-0.2, 0) is 4.79 Å². The molecule has 0 radical (unpaired) electrons. The summed E-state index contributed by atoms with van der Waals surface area (Å²) in [5.41, 5.74) is 0.00537. The summed E-state index contributed by atoms with van der Waals surface area (Å²) < 4.78 is 10.8. The molecule has 1 unspecified atom stereocenters. The standard InChI is InChI=1S/C19H21NO5/c1-3-4-5-10-20-16(13-9-8-12(2)25-13)15(18(22)19(20)23)17(21)14-7-6-11-24-14/h6-9,11,16,22H,3-5,10H2,1-2H3. The van der Waals surface area contributed by atoms with E-state index in [-0.39, 0.29) is 11.3 Å². The second-order valence-corrected chi connectivity index (χ2v) is 6.13. The van der Waals surface area contributed by atoms with Gasteiger partial charge < -0.3 is 18.8 Å². The molecule has 132 valence electrons. The molecule has 1 amide bonds. The Balaban J connectivity index is 2.00. The van der Waals surface area contributed by atoms with E-state index in [1.165, 1.54) is 17.2 Å². The number of carbonyl (C=O) groups is 2. The van der Waals surface area contributed by atoms with E-state index in [0.29, 0.717) is 18.1 Å². The highest BCUT2D eigenvalue weighted by atomic mass is 16.3. The van der Waals surface area contributed by atoms with Gasteiger partial charge in [-0.05, 0) is 37.6 Å². The highest BCUT2D eigenvalue weighted by Gasteiger charge is 2.45. The summed E-state index contributed by atoms with van der Waals surface area (Å²) >= 11 is 0. The molecule has 0 saturated heterocycles. The smallest absolute Gasteiger partial charge is 0.290 e. The van der Waals surface area contributed by atoms with Crippen LogP contribution in [0.1, 0.15) is 54.3 Å². The van der Waals surface area contributed by atoms with Gasteiger partial charge in [0.05, 0.1) is 11.8 Å². The molecule has 6 heteroatoms. The van der Waals surface area contributed by atoms with Crippen molar-refractivity contribution < 1.29 is 23.5 Å². The van der Waals surface area contributed by atoms with Gasteiger partial charge in [-0.2, -0.15) is 0 Å². The molecule has 1 N–H and O–H groups in total. The Kier molecular flexibility index (Phi) is 4.79. The lowest BCUT2D eigenvalue weighted by molar-refractivity contribution is -0.129. The van der Waals surface area contributed by atoms with E-state index in [9.17, 15) is 14.7 Å². The number of nitrogens with zero attached hydrogens (tertiary/aromatic N) is 1. The largest absolute Gasteiger partial charge is 0.503 e. The van der Waals surface area contributed by atoms with Crippen molar-refractivity contribution in [3.8, 4) is 0 Å². The van der Waals surface area contributed by atoms with Gasteiger partial charge in [-0.3, -0.25) is 9.59 Å². The maximum atomic E-state index is 12.8. The van der Waals surface area contributed by atoms with Crippen molar-refractivity contribution in [3.63, 3.8) is 0 Å². The predicted octanol–water partition coefficient (Wildman–Crippen LogP) is 3.95.